The second kappa shape index (κ2) is 5.68. The Kier molecular flexibility index (Phi) is 4.99. The molecule has 2 unspecified atom stereocenters. The van der Waals surface area contributed by atoms with E-state index in [1.165, 1.54) is 6.42 Å². The minimum atomic E-state index is 0.194. The van der Waals surface area contributed by atoms with E-state index in [0.29, 0.717) is 17.4 Å². The van der Waals surface area contributed by atoms with Crippen LogP contribution in [0.15, 0.2) is 0 Å². The molecule has 1 saturated heterocycles. The van der Waals surface area contributed by atoms with E-state index in [9.17, 15) is 0 Å². The van der Waals surface area contributed by atoms with E-state index in [1.54, 1.807) is 0 Å². The quantitative estimate of drug-likeness (QED) is 0.774. The van der Waals surface area contributed by atoms with Crippen LogP contribution in [-0.2, 0) is 4.74 Å². The number of nitrogens with one attached hydrogen (secondary N) is 2. The van der Waals surface area contributed by atoms with Crippen LogP contribution >= 0.6 is 0 Å². The van der Waals surface area contributed by atoms with Crippen LogP contribution in [0, 0.1) is 11.3 Å². The molecule has 0 aromatic heterocycles. The molecule has 1 aliphatic rings. The summed E-state index contributed by atoms with van der Waals surface area (Å²) in [5.74, 6) is 0.597. The summed E-state index contributed by atoms with van der Waals surface area (Å²) in [4.78, 5) is 0. The Balaban J connectivity index is 2.38. The predicted octanol–water partition coefficient (Wildman–Crippen LogP) is 2.03. The van der Waals surface area contributed by atoms with Gasteiger partial charge in [-0.05, 0) is 32.7 Å². The maximum Gasteiger partial charge on any atom is 0.0623 e. The summed E-state index contributed by atoms with van der Waals surface area (Å²) in [6.45, 7) is 14.2. The van der Waals surface area contributed by atoms with Crippen LogP contribution in [0.4, 0.5) is 0 Å². The van der Waals surface area contributed by atoms with Gasteiger partial charge in [0.1, 0.15) is 0 Å². The van der Waals surface area contributed by atoms with Gasteiger partial charge >= 0.3 is 0 Å². The zero-order chi connectivity index (χ0) is 13.1. The Bertz CT molecular complexity index is 233. The summed E-state index contributed by atoms with van der Waals surface area (Å²) in [7, 11) is 2.02. The van der Waals surface area contributed by atoms with Gasteiger partial charge in [0.05, 0.1) is 13.2 Å². The molecule has 102 valence electrons. The van der Waals surface area contributed by atoms with Crippen molar-refractivity contribution in [2.45, 2.75) is 52.6 Å². The number of hydrogen-bond donors (Lipinski definition) is 2. The topological polar surface area (TPSA) is 33.3 Å². The van der Waals surface area contributed by atoms with Crippen LogP contribution in [0.25, 0.3) is 0 Å². The molecule has 2 N–H and O–H groups in total. The first kappa shape index (κ1) is 14.9. The average Bonchev–Trinajstić information content (AvgIpc) is 2.58. The lowest BCUT2D eigenvalue weighted by Crippen LogP contribution is -2.47. The normalized spacial score (nSPS) is 26.5. The summed E-state index contributed by atoms with van der Waals surface area (Å²) < 4.78 is 5.52. The highest BCUT2D eigenvalue weighted by Gasteiger charge is 2.30. The molecule has 0 radical (unpaired) electrons. The minimum Gasteiger partial charge on any atom is -0.379 e. The Morgan fingerprint density at radius 2 is 1.76 bits per heavy atom. The second-order valence-electron chi connectivity index (χ2n) is 7.19. The molecule has 1 aliphatic heterocycles. The molecular weight excluding hydrogens is 212 g/mol. The van der Waals surface area contributed by atoms with Gasteiger partial charge in [-0.25, -0.2) is 0 Å². The van der Waals surface area contributed by atoms with Crippen molar-refractivity contribution in [3.05, 3.63) is 0 Å². The molecule has 1 rings (SSSR count). The van der Waals surface area contributed by atoms with E-state index in [1.807, 2.05) is 7.05 Å². The number of ether oxygens (including phenoxy) is 1. The Labute approximate surface area is 107 Å². The molecule has 1 heterocycles. The lowest BCUT2D eigenvalue weighted by Gasteiger charge is -2.35. The van der Waals surface area contributed by atoms with E-state index in [2.05, 4.69) is 45.3 Å². The first-order valence-electron chi connectivity index (χ1n) is 6.73. The lowest BCUT2D eigenvalue weighted by molar-refractivity contribution is 0.177. The Morgan fingerprint density at radius 1 is 1.12 bits per heavy atom. The largest absolute Gasteiger partial charge is 0.379 e. The monoisotopic (exact) mass is 242 g/mol. The van der Waals surface area contributed by atoms with E-state index < -0.39 is 0 Å². The second-order valence-corrected chi connectivity index (χ2v) is 7.19. The van der Waals surface area contributed by atoms with E-state index in [-0.39, 0.29) is 5.54 Å². The third kappa shape index (κ3) is 5.36. The molecule has 0 aromatic carbocycles. The van der Waals surface area contributed by atoms with Gasteiger partial charge in [0.15, 0.2) is 0 Å². The lowest BCUT2D eigenvalue weighted by atomic mass is 9.81. The third-order valence-corrected chi connectivity index (χ3v) is 3.38. The molecule has 3 nitrogen and oxygen atoms in total. The van der Waals surface area contributed by atoms with Crippen LogP contribution in [0.1, 0.15) is 41.0 Å². The van der Waals surface area contributed by atoms with Gasteiger partial charge in [0, 0.05) is 24.0 Å². The van der Waals surface area contributed by atoms with E-state index in [4.69, 9.17) is 4.74 Å². The molecule has 17 heavy (non-hydrogen) atoms. The van der Waals surface area contributed by atoms with Gasteiger partial charge in [-0.15, -0.1) is 0 Å². The van der Waals surface area contributed by atoms with E-state index >= 15 is 0 Å². The van der Waals surface area contributed by atoms with Gasteiger partial charge in [-0.1, -0.05) is 20.8 Å². The summed E-state index contributed by atoms with van der Waals surface area (Å²) in [6, 6.07) is 0.507. The molecular formula is C14H30N2O. The number of rotatable bonds is 5. The van der Waals surface area contributed by atoms with Crippen LogP contribution < -0.4 is 10.6 Å². The van der Waals surface area contributed by atoms with E-state index in [0.717, 1.165) is 19.8 Å². The Morgan fingerprint density at radius 3 is 2.29 bits per heavy atom. The zero-order valence-electron chi connectivity index (χ0n) is 12.4. The first-order chi connectivity index (χ1) is 7.73. The standard InChI is InChI=1S/C14H30N2O/c1-13(2,3)10-14(4,5)16-7-11-8-17-9-12(11)15-6/h11-12,15-16H,7-10H2,1-6H3. The summed E-state index contributed by atoms with van der Waals surface area (Å²) in [6.07, 6.45) is 1.18. The molecule has 0 aromatic rings. The average molecular weight is 242 g/mol. The summed E-state index contributed by atoms with van der Waals surface area (Å²) in [5, 5.41) is 7.04. The molecule has 3 heteroatoms. The van der Waals surface area contributed by atoms with Gasteiger partial charge < -0.3 is 15.4 Å². The van der Waals surface area contributed by atoms with Crippen molar-refractivity contribution in [2.24, 2.45) is 11.3 Å². The highest BCUT2D eigenvalue weighted by molar-refractivity contribution is 4.87. The fourth-order valence-corrected chi connectivity index (χ4v) is 2.91. The summed E-state index contributed by atoms with van der Waals surface area (Å²) >= 11 is 0. The van der Waals surface area contributed by atoms with Crippen LogP contribution in [-0.4, -0.2) is 38.4 Å². The molecule has 1 fully saturated rings. The SMILES string of the molecule is CNC1COCC1CNC(C)(C)CC(C)(C)C. The van der Waals surface area contributed by atoms with Gasteiger partial charge in [-0.2, -0.15) is 0 Å². The van der Waals surface area contributed by atoms with Gasteiger partial charge in [0.25, 0.3) is 0 Å². The van der Waals surface area contributed by atoms with Crippen molar-refractivity contribution in [1.82, 2.24) is 10.6 Å². The predicted molar refractivity (Wildman–Crippen MR) is 73.3 cm³/mol. The fourth-order valence-electron chi connectivity index (χ4n) is 2.91. The van der Waals surface area contributed by atoms with Crippen molar-refractivity contribution in [1.29, 1.82) is 0 Å². The maximum atomic E-state index is 5.52. The molecule has 0 spiro atoms. The molecule has 0 bridgehead atoms. The van der Waals surface area contributed by atoms with Crippen molar-refractivity contribution in [2.75, 3.05) is 26.8 Å². The molecule has 0 aliphatic carbocycles. The minimum absolute atomic E-state index is 0.194. The van der Waals surface area contributed by atoms with Crippen LogP contribution in [0.2, 0.25) is 0 Å². The van der Waals surface area contributed by atoms with Crippen LogP contribution in [0.5, 0.6) is 0 Å². The highest BCUT2D eigenvalue weighted by atomic mass is 16.5. The third-order valence-electron chi connectivity index (χ3n) is 3.38. The van der Waals surface area contributed by atoms with Crippen molar-refractivity contribution >= 4 is 0 Å². The first-order valence-corrected chi connectivity index (χ1v) is 6.73. The molecule has 0 saturated carbocycles. The molecule has 0 amide bonds. The van der Waals surface area contributed by atoms with Crippen molar-refractivity contribution in [3.63, 3.8) is 0 Å². The smallest absolute Gasteiger partial charge is 0.0623 e. The summed E-state index contributed by atoms with van der Waals surface area (Å²) in [5.41, 5.74) is 0.560. The number of likely N-dealkylation sites (N-methyl/N-ethyl adjacent to an activating group) is 1. The fraction of sp³-hybridized carbons (Fsp3) is 1.00. The van der Waals surface area contributed by atoms with Crippen LogP contribution in [0.3, 0.4) is 0 Å². The molecule has 2 atom stereocenters. The maximum absolute atomic E-state index is 5.52. The van der Waals surface area contributed by atoms with Crippen molar-refractivity contribution < 1.29 is 4.74 Å². The zero-order valence-corrected chi connectivity index (χ0v) is 12.4. The highest BCUT2D eigenvalue weighted by Crippen LogP contribution is 2.27. The van der Waals surface area contributed by atoms with Gasteiger partial charge in [-0.3, -0.25) is 0 Å². The Hall–Kier alpha value is -0.120. The number of hydrogen-bond acceptors (Lipinski definition) is 3. The van der Waals surface area contributed by atoms with Crippen molar-refractivity contribution in [3.8, 4) is 0 Å². The van der Waals surface area contributed by atoms with Gasteiger partial charge in [0.2, 0.25) is 0 Å².